The van der Waals surface area contributed by atoms with Gasteiger partial charge in [0, 0.05) is 12.6 Å². The van der Waals surface area contributed by atoms with E-state index >= 15 is 0 Å². The second kappa shape index (κ2) is 7.97. The number of carbonyl (C=O) groups is 2. The minimum absolute atomic E-state index is 0.150. The van der Waals surface area contributed by atoms with Gasteiger partial charge in [-0.2, -0.15) is 0 Å². The van der Waals surface area contributed by atoms with Crippen molar-refractivity contribution in [3.8, 4) is 0 Å². The summed E-state index contributed by atoms with van der Waals surface area (Å²) in [6.07, 6.45) is 1.64. The molecule has 3 rings (SSSR count). The summed E-state index contributed by atoms with van der Waals surface area (Å²) in [5.74, 6) is -1.63. The summed E-state index contributed by atoms with van der Waals surface area (Å²) < 4.78 is 12.1. The Bertz CT molecular complexity index is 868. The number of carboxylic acids is 1. The first-order chi connectivity index (χ1) is 13.6. The van der Waals surface area contributed by atoms with Crippen molar-refractivity contribution in [2.45, 2.75) is 51.4 Å². The number of aromatic nitrogens is 1. The fraction of sp³-hybridized carbons (Fsp3) is 0.381. The third kappa shape index (κ3) is 4.66. The van der Waals surface area contributed by atoms with Crippen molar-refractivity contribution in [1.82, 2.24) is 10.3 Å². The molecule has 1 aliphatic heterocycles. The minimum Gasteiger partial charge on any atom is -0.480 e. The smallest absolute Gasteiger partial charge is 0.480 e. The van der Waals surface area contributed by atoms with E-state index in [9.17, 15) is 14.7 Å². The van der Waals surface area contributed by atoms with E-state index in [0.29, 0.717) is 0 Å². The molecule has 1 aliphatic rings. The molecule has 1 aromatic carbocycles. The van der Waals surface area contributed by atoms with E-state index in [1.807, 2.05) is 52.0 Å². The van der Waals surface area contributed by atoms with Crippen LogP contribution in [0.15, 0.2) is 48.7 Å². The molecule has 0 spiro atoms. The Labute approximate surface area is 170 Å². The molecule has 2 aromatic rings. The zero-order valence-electron chi connectivity index (χ0n) is 17.0. The number of nitrogens with zero attached hydrogens (tertiary/aromatic N) is 1. The van der Waals surface area contributed by atoms with Crippen molar-refractivity contribution >= 4 is 24.5 Å². The highest BCUT2D eigenvalue weighted by molar-refractivity contribution is 6.62. The quantitative estimate of drug-likeness (QED) is 0.723. The molecule has 2 heterocycles. The van der Waals surface area contributed by atoms with Gasteiger partial charge in [-0.1, -0.05) is 30.3 Å². The number of hydrogen-bond acceptors (Lipinski definition) is 5. The van der Waals surface area contributed by atoms with Crippen LogP contribution in [0.5, 0.6) is 0 Å². The molecule has 0 bridgehead atoms. The van der Waals surface area contributed by atoms with E-state index in [0.717, 1.165) is 11.0 Å². The lowest BCUT2D eigenvalue weighted by Crippen LogP contribution is -2.42. The van der Waals surface area contributed by atoms with Crippen molar-refractivity contribution in [3.05, 3.63) is 59.9 Å². The van der Waals surface area contributed by atoms with Crippen LogP contribution in [-0.4, -0.2) is 46.3 Å². The molecule has 29 heavy (non-hydrogen) atoms. The van der Waals surface area contributed by atoms with Crippen LogP contribution in [0.1, 0.15) is 43.7 Å². The summed E-state index contributed by atoms with van der Waals surface area (Å²) in [7, 11) is -0.479. The summed E-state index contributed by atoms with van der Waals surface area (Å²) in [5.41, 5.74) is 0.951. The molecule has 0 saturated carbocycles. The van der Waals surface area contributed by atoms with Crippen LogP contribution >= 0.6 is 0 Å². The van der Waals surface area contributed by atoms with Gasteiger partial charge in [-0.15, -0.1) is 0 Å². The summed E-state index contributed by atoms with van der Waals surface area (Å²) in [4.78, 5) is 27.8. The van der Waals surface area contributed by atoms with Crippen LogP contribution in [0.2, 0.25) is 0 Å². The third-order valence-corrected chi connectivity index (χ3v) is 5.45. The van der Waals surface area contributed by atoms with Crippen LogP contribution in [0.4, 0.5) is 0 Å². The Morgan fingerprint density at radius 3 is 2.21 bits per heavy atom. The third-order valence-electron chi connectivity index (χ3n) is 5.45. The zero-order chi connectivity index (χ0) is 21.2. The topological polar surface area (TPSA) is 97.8 Å². The van der Waals surface area contributed by atoms with Gasteiger partial charge in [0.1, 0.15) is 11.7 Å². The van der Waals surface area contributed by atoms with Crippen LogP contribution in [0, 0.1) is 0 Å². The van der Waals surface area contributed by atoms with E-state index in [2.05, 4.69) is 10.3 Å². The molecule has 0 radical (unpaired) electrons. The van der Waals surface area contributed by atoms with Gasteiger partial charge in [0.15, 0.2) is 0 Å². The van der Waals surface area contributed by atoms with E-state index in [-0.39, 0.29) is 12.1 Å². The van der Waals surface area contributed by atoms with Crippen LogP contribution in [-0.2, 0) is 20.5 Å². The summed E-state index contributed by atoms with van der Waals surface area (Å²) in [6, 6.07) is 11.2. The fourth-order valence-corrected chi connectivity index (χ4v) is 2.96. The van der Waals surface area contributed by atoms with E-state index in [1.54, 1.807) is 12.1 Å². The molecule has 1 saturated heterocycles. The molecular weight excluding hydrogens is 371 g/mol. The minimum atomic E-state index is -1.11. The number of nitrogens with one attached hydrogen (secondary N) is 1. The van der Waals surface area contributed by atoms with Gasteiger partial charge in [0.25, 0.3) is 5.91 Å². The number of carbonyl (C=O) groups excluding carboxylic acids is 1. The van der Waals surface area contributed by atoms with Crippen molar-refractivity contribution in [1.29, 1.82) is 0 Å². The fourth-order valence-electron chi connectivity index (χ4n) is 2.96. The van der Waals surface area contributed by atoms with Gasteiger partial charge in [0.05, 0.1) is 11.2 Å². The molecule has 0 aliphatic carbocycles. The zero-order valence-corrected chi connectivity index (χ0v) is 17.0. The average Bonchev–Trinajstić information content (AvgIpc) is 2.89. The van der Waals surface area contributed by atoms with Gasteiger partial charge in [-0.25, -0.2) is 4.79 Å². The number of benzene rings is 1. The van der Waals surface area contributed by atoms with E-state index in [4.69, 9.17) is 9.31 Å². The molecule has 1 amide bonds. The summed E-state index contributed by atoms with van der Waals surface area (Å²) in [6.45, 7) is 7.96. The normalized spacial score (nSPS) is 18.3. The highest BCUT2D eigenvalue weighted by Crippen LogP contribution is 2.36. The molecule has 7 nitrogen and oxygen atoms in total. The second-order valence-electron chi connectivity index (χ2n) is 8.11. The maximum absolute atomic E-state index is 12.2. The molecule has 0 unspecified atom stereocenters. The predicted octanol–water partition coefficient (Wildman–Crippen LogP) is 1.81. The first-order valence-electron chi connectivity index (χ1n) is 9.48. The number of hydrogen-bond donors (Lipinski definition) is 2. The Hall–Kier alpha value is -2.71. The lowest BCUT2D eigenvalue weighted by molar-refractivity contribution is -0.139. The standard InChI is InChI=1S/C21H25BN2O5/c1-20(2)21(3,4)29-22(28-20)15-10-8-14(9-11-15)13-17(19(26)27)24-18(25)16-7-5-6-12-23-16/h5-12,17H,13H2,1-4H3,(H,24,25)(H,26,27)/t17-/m0/s1. The number of carboxylic acid groups (broad SMARTS) is 1. The Morgan fingerprint density at radius 1 is 1.07 bits per heavy atom. The highest BCUT2D eigenvalue weighted by atomic mass is 16.7. The predicted molar refractivity (Wildman–Crippen MR) is 109 cm³/mol. The maximum Gasteiger partial charge on any atom is 0.494 e. The SMILES string of the molecule is CC1(C)OB(c2ccc(C[C@H](NC(=O)c3ccccn3)C(=O)O)cc2)OC1(C)C. The second-order valence-corrected chi connectivity index (χ2v) is 8.11. The molecule has 1 aromatic heterocycles. The van der Waals surface area contributed by atoms with Crippen molar-refractivity contribution in [3.63, 3.8) is 0 Å². The highest BCUT2D eigenvalue weighted by Gasteiger charge is 2.51. The maximum atomic E-state index is 12.2. The largest absolute Gasteiger partial charge is 0.494 e. The first kappa shape index (κ1) is 21.0. The Morgan fingerprint density at radius 2 is 1.69 bits per heavy atom. The average molecular weight is 396 g/mol. The molecule has 8 heteroatoms. The van der Waals surface area contributed by atoms with Gasteiger partial charge >= 0.3 is 13.1 Å². The Kier molecular flexibility index (Phi) is 5.77. The Balaban J connectivity index is 1.67. The molecule has 152 valence electrons. The molecular formula is C21H25BN2O5. The number of amides is 1. The number of pyridine rings is 1. The van der Waals surface area contributed by atoms with Crippen LogP contribution < -0.4 is 10.8 Å². The summed E-state index contributed by atoms with van der Waals surface area (Å²) in [5, 5.41) is 12.0. The van der Waals surface area contributed by atoms with Crippen molar-refractivity contribution in [2.75, 3.05) is 0 Å². The van der Waals surface area contributed by atoms with E-state index in [1.165, 1.54) is 12.3 Å². The molecule has 2 N–H and O–H groups in total. The lowest BCUT2D eigenvalue weighted by Gasteiger charge is -2.32. The van der Waals surface area contributed by atoms with Gasteiger partial charge in [0.2, 0.25) is 0 Å². The number of aliphatic carboxylic acids is 1. The first-order valence-corrected chi connectivity index (χ1v) is 9.48. The van der Waals surface area contributed by atoms with Gasteiger partial charge < -0.3 is 19.7 Å². The van der Waals surface area contributed by atoms with Crippen LogP contribution in [0.25, 0.3) is 0 Å². The summed E-state index contributed by atoms with van der Waals surface area (Å²) >= 11 is 0. The van der Waals surface area contributed by atoms with Gasteiger partial charge in [-0.05, 0) is 50.9 Å². The van der Waals surface area contributed by atoms with Crippen molar-refractivity contribution < 1.29 is 24.0 Å². The van der Waals surface area contributed by atoms with Gasteiger partial charge in [-0.3, -0.25) is 9.78 Å². The molecule has 1 fully saturated rings. The number of rotatable bonds is 6. The molecule has 1 atom stereocenters. The lowest BCUT2D eigenvalue weighted by atomic mass is 9.78. The monoisotopic (exact) mass is 396 g/mol. The van der Waals surface area contributed by atoms with Crippen molar-refractivity contribution in [2.24, 2.45) is 0 Å². The van der Waals surface area contributed by atoms with E-state index < -0.39 is 36.2 Å². The van der Waals surface area contributed by atoms with Crippen LogP contribution in [0.3, 0.4) is 0 Å².